The van der Waals surface area contributed by atoms with Crippen molar-refractivity contribution in [2.45, 2.75) is 103 Å². The van der Waals surface area contributed by atoms with E-state index in [1.54, 1.807) is 22.5 Å². The molecule has 0 amide bonds. The lowest BCUT2D eigenvalue weighted by Gasteiger charge is -2.13. The van der Waals surface area contributed by atoms with E-state index < -0.39 is 0 Å². The first kappa shape index (κ1) is 29.0. The number of hydrogen-bond donors (Lipinski definition) is 0. The van der Waals surface area contributed by atoms with Gasteiger partial charge in [-0.3, -0.25) is 0 Å². The van der Waals surface area contributed by atoms with Crippen molar-refractivity contribution in [3.63, 3.8) is 0 Å². The van der Waals surface area contributed by atoms with Crippen molar-refractivity contribution in [1.82, 2.24) is 0 Å². The number of hydrogen-bond acceptors (Lipinski definition) is 0. The molecular weight excluding hydrogens is 548 g/mol. The van der Waals surface area contributed by atoms with Crippen LogP contribution in [0.25, 0.3) is 0 Å². The van der Waals surface area contributed by atoms with Crippen LogP contribution in [0.1, 0.15) is 86.7 Å². The summed E-state index contributed by atoms with van der Waals surface area (Å²) in [5, 5.41) is 0. The number of allylic oxidation sites excluding steroid dienone is 4. The Morgan fingerprint density at radius 3 is 1.50 bits per heavy atom. The molecule has 0 aromatic carbocycles. The number of unbranched alkanes of at least 4 members (excludes halogenated alkanes) is 4. The molecule has 0 unspecified atom stereocenters. The molecule has 0 atom stereocenters. The van der Waals surface area contributed by atoms with Crippen LogP contribution in [0.2, 0.25) is 0 Å². The first-order valence-electron chi connectivity index (χ1n) is 13.2. The summed E-state index contributed by atoms with van der Waals surface area (Å²) in [7, 11) is 0. The third-order valence-electron chi connectivity index (χ3n) is 7.20. The predicted molar refractivity (Wildman–Crippen MR) is 133 cm³/mol. The van der Waals surface area contributed by atoms with Gasteiger partial charge in [-0.2, -0.15) is 0 Å². The zero-order chi connectivity index (χ0) is 21.8. The van der Waals surface area contributed by atoms with E-state index in [-0.39, 0.29) is 34.0 Å². The number of halogens is 2. The van der Waals surface area contributed by atoms with Gasteiger partial charge in [0.1, 0.15) is 13.1 Å². The Kier molecular flexibility index (Phi) is 14.0. The van der Waals surface area contributed by atoms with Crippen LogP contribution in [0.5, 0.6) is 0 Å². The van der Waals surface area contributed by atoms with Gasteiger partial charge in [-0.1, -0.05) is 24.3 Å². The Balaban J connectivity index is 0.00000204. The van der Waals surface area contributed by atoms with Crippen molar-refractivity contribution in [2.24, 2.45) is 0 Å². The van der Waals surface area contributed by atoms with Crippen molar-refractivity contribution in [1.29, 1.82) is 0 Å². The quantitative estimate of drug-likeness (QED) is 0.201. The van der Waals surface area contributed by atoms with Crippen molar-refractivity contribution in [3.05, 3.63) is 83.5 Å². The van der Waals surface area contributed by atoms with Crippen LogP contribution in [-0.4, -0.2) is 0 Å². The smallest absolute Gasteiger partial charge is 0.184 e. The second-order valence-corrected chi connectivity index (χ2v) is 9.61. The van der Waals surface area contributed by atoms with Crippen molar-refractivity contribution in [3.8, 4) is 0 Å². The fraction of sp³-hybridized carbons (Fsp3) is 0.533. The average Bonchev–Trinajstić information content (AvgIpc) is 2.85. The maximum absolute atomic E-state index is 2.52. The zero-order valence-electron chi connectivity index (χ0n) is 20.7. The highest BCUT2D eigenvalue weighted by Crippen LogP contribution is 2.18. The van der Waals surface area contributed by atoms with Crippen LogP contribution >= 0.6 is 0 Å². The number of fused-ring (bicyclic) bond motifs is 2. The summed E-state index contributed by atoms with van der Waals surface area (Å²) >= 11 is 0. The fourth-order valence-corrected chi connectivity index (χ4v) is 5.40. The molecule has 0 N–H and O–H groups in total. The van der Waals surface area contributed by atoms with Gasteiger partial charge in [-0.15, -0.1) is 0 Å². The number of aromatic nitrogens is 2. The molecule has 186 valence electrons. The molecule has 2 aliphatic rings. The van der Waals surface area contributed by atoms with Gasteiger partial charge < -0.3 is 34.0 Å². The minimum atomic E-state index is 0. The fourth-order valence-electron chi connectivity index (χ4n) is 5.40. The van der Waals surface area contributed by atoms with E-state index in [1.165, 1.54) is 103 Å². The predicted octanol–water partition coefficient (Wildman–Crippen LogP) is 0.180. The standard InChI is InChI=1S/C30H42N2.2BrH/c1(3-5-7-13-23-31-25-15-19-27-17-9-11-21-29(27)31)2-4-6-8-14-24-32-26-16-20-28-18-10-12-22-30(28)32;;/h1-4,15-16,19-20,25-26H,5-14,17-18,21-24H2;2*1H/q+2;;/p-2/b3-1-,4-2-;;. The summed E-state index contributed by atoms with van der Waals surface area (Å²) in [5.74, 6) is 0. The Morgan fingerprint density at radius 2 is 1.03 bits per heavy atom. The van der Waals surface area contributed by atoms with Crippen LogP contribution in [0.4, 0.5) is 0 Å². The lowest BCUT2D eigenvalue weighted by atomic mass is 9.96. The van der Waals surface area contributed by atoms with Gasteiger partial charge in [0.25, 0.3) is 0 Å². The van der Waals surface area contributed by atoms with Crippen molar-refractivity contribution in [2.75, 3.05) is 0 Å². The van der Waals surface area contributed by atoms with E-state index in [0.29, 0.717) is 0 Å². The number of nitrogens with zero attached hydrogens (tertiary/aromatic N) is 2. The van der Waals surface area contributed by atoms with Gasteiger partial charge in [0, 0.05) is 48.9 Å². The molecule has 2 heterocycles. The maximum atomic E-state index is 2.52. The molecule has 0 bridgehead atoms. The minimum Gasteiger partial charge on any atom is -1.00 e. The Morgan fingerprint density at radius 1 is 0.588 bits per heavy atom. The third kappa shape index (κ3) is 8.75. The molecule has 2 aromatic heterocycles. The molecule has 0 saturated carbocycles. The van der Waals surface area contributed by atoms with E-state index in [4.69, 9.17) is 0 Å². The lowest BCUT2D eigenvalue weighted by Crippen LogP contribution is -3.00. The first-order chi connectivity index (χ1) is 15.9. The molecule has 0 aliphatic heterocycles. The Labute approximate surface area is 228 Å². The van der Waals surface area contributed by atoms with E-state index in [2.05, 4.69) is 70.1 Å². The van der Waals surface area contributed by atoms with Crippen LogP contribution in [0.3, 0.4) is 0 Å². The molecule has 34 heavy (non-hydrogen) atoms. The number of aryl methyl sites for hydroxylation is 4. The molecule has 0 radical (unpaired) electrons. The topological polar surface area (TPSA) is 7.76 Å². The molecular formula is C30H42Br2N2. The van der Waals surface area contributed by atoms with Crippen molar-refractivity contribution >= 4 is 0 Å². The van der Waals surface area contributed by atoms with Gasteiger partial charge in [-0.25, -0.2) is 9.13 Å². The van der Waals surface area contributed by atoms with Gasteiger partial charge in [0.15, 0.2) is 23.8 Å². The molecule has 4 rings (SSSR count). The van der Waals surface area contributed by atoms with Crippen molar-refractivity contribution < 1.29 is 43.1 Å². The minimum absolute atomic E-state index is 0. The van der Waals surface area contributed by atoms with Crippen LogP contribution < -0.4 is 43.1 Å². The number of rotatable bonds is 11. The van der Waals surface area contributed by atoms with Crippen LogP contribution in [-0.2, 0) is 38.8 Å². The van der Waals surface area contributed by atoms with E-state index in [1.807, 2.05) is 0 Å². The molecule has 0 fully saturated rings. The van der Waals surface area contributed by atoms with E-state index in [0.717, 1.165) is 0 Å². The van der Waals surface area contributed by atoms with Gasteiger partial charge in [0.05, 0.1) is 0 Å². The summed E-state index contributed by atoms with van der Waals surface area (Å²) in [6.45, 7) is 2.35. The number of pyridine rings is 2. The summed E-state index contributed by atoms with van der Waals surface area (Å²) in [5.41, 5.74) is 6.38. The van der Waals surface area contributed by atoms with E-state index in [9.17, 15) is 0 Å². The summed E-state index contributed by atoms with van der Waals surface area (Å²) in [6.07, 6.45) is 31.8. The van der Waals surface area contributed by atoms with E-state index >= 15 is 0 Å². The molecule has 2 aromatic rings. The first-order valence-corrected chi connectivity index (χ1v) is 13.2. The monoisotopic (exact) mass is 588 g/mol. The lowest BCUT2D eigenvalue weighted by molar-refractivity contribution is -0.705. The second-order valence-electron chi connectivity index (χ2n) is 9.61. The molecule has 2 nitrogen and oxygen atoms in total. The molecule has 0 spiro atoms. The average molecular weight is 590 g/mol. The highest BCUT2D eigenvalue weighted by Gasteiger charge is 2.19. The zero-order valence-corrected chi connectivity index (χ0v) is 23.9. The van der Waals surface area contributed by atoms with Gasteiger partial charge in [-0.05, 0) is 76.3 Å². The highest BCUT2D eigenvalue weighted by atomic mass is 79.9. The molecule has 4 heteroatoms. The summed E-state index contributed by atoms with van der Waals surface area (Å²) in [4.78, 5) is 0. The Hall–Kier alpha value is -1.26. The summed E-state index contributed by atoms with van der Waals surface area (Å²) < 4.78 is 5.03. The summed E-state index contributed by atoms with van der Waals surface area (Å²) in [6, 6.07) is 9.13. The largest absolute Gasteiger partial charge is 1.00 e. The van der Waals surface area contributed by atoms with Crippen LogP contribution in [0.15, 0.2) is 61.0 Å². The van der Waals surface area contributed by atoms with Crippen LogP contribution in [0, 0.1) is 0 Å². The highest BCUT2D eigenvalue weighted by molar-refractivity contribution is 5.18. The third-order valence-corrected chi connectivity index (χ3v) is 7.20. The molecule has 2 aliphatic carbocycles. The molecule has 0 saturated heterocycles. The van der Waals surface area contributed by atoms with Gasteiger partial charge in [0.2, 0.25) is 0 Å². The SMILES string of the molecule is C(/C=C\CCCC[n+]1cccc2c1CCCC2)=C/CCCC[n+]1cccc2c1CCCC2.[Br-].[Br-]. The maximum Gasteiger partial charge on any atom is 0.184 e. The second kappa shape index (κ2) is 16.4. The Bertz CT molecular complexity index is 845. The van der Waals surface area contributed by atoms with Gasteiger partial charge >= 0.3 is 0 Å². The normalized spacial score (nSPS) is 14.9.